The maximum Gasteiger partial charge on any atom is 0.0473 e. The van der Waals surface area contributed by atoms with E-state index in [4.69, 9.17) is 0 Å². The van der Waals surface area contributed by atoms with Crippen molar-refractivity contribution >= 4 is 21.9 Å². The number of hydrogen-bond donors (Lipinski definition) is 0. The van der Waals surface area contributed by atoms with Gasteiger partial charge >= 0.3 is 0 Å². The Morgan fingerprint density at radius 1 is 0.721 bits per heavy atom. The van der Waals surface area contributed by atoms with Gasteiger partial charge in [-0.1, -0.05) is 123 Å². The van der Waals surface area contributed by atoms with Gasteiger partial charge in [0.1, 0.15) is 0 Å². The Hall–Kier alpha value is -3.64. The van der Waals surface area contributed by atoms with Crippen LogP contribution in [0.5, 0.6) is 0 Å². The fourth-order valence-corrected chi connectivity index (χ4v) is 10.9. The molecule has 5 aliphatic carbocycles. The molecule has 43 heavy (non-hydrogen) atoms. The minimum atomic E-state index is -0.140. The smallest absolute Gasteiger partial charge is 0.0473 e. The lowest BCUT2D eigenvalue weighted by Crippen LogP contribution is -2.41. The summed E-state index contributed by atoms with van der Waals surface area (Å²) >= 11 is 0. The quantitative estimate of drug-likeness (QED) is 0.218. The standard InChI is InChI=1S/C43H42/c1-25-21-27(3)38(28-13-7-6-8-14-28)43(24-25)36-20-19-33-34-23-29-15-9-10-17-31(29)39(34)42(4,5)41(33)37(36)35-22-26(2)30-16-11-12-18-32(30)40(35)43/h9-12,15-22,24,28,38H,6-8,13-14,23H2,1-5H3. The molecule has 0 heteroatoms. The van der Waals surface area contributed by atoms with Crippen LogP contribution < -0.4 is 0 Å². The first-order valence-corrected chi connectivity index (χ1v) is 16.7. The monoisotopic (exact) mass is 558 g/mol. The lowest BCUT2D eigenvalue weighted by atomic mass is 9.56. The van der Waals surface area contributed by atoms with E-state index < -0.39 is 0 Å². The number of aryl methyl sites for hydroxylation is 1. The molecule has 9 rings (SSSR count). The van der Waals surface area contributed by atoms with E-state index in [1.54, 1.807) is 39.0 Å². The highest BCUT2D eigenvalue weighted by Gasteiger charge is 2.55. The van der Waals surface area contributed by atoms with Crippen molar-refractivity contribution in [2.24, 2.45) is 11.8 Å². The number of hydrogen-bond acceptors (Lipinski definition) is 0. The highest BCUT2D eigenvalue weighted by Crippen LogP contribution is 2.67. The Kier molecular flexibility index (Phi) is 5.24. The van der Waals surface area contributed by atoms with Crippen molar-refractivity contribution < 1.29 is 0 Å². The van der Waals surface area contributed by atoms with Gasteiger partial charge in [-0.2, -0.15) is 0 Å². The van der Waals surface area contributed by atoms with Gasteiger partial charge in [0.2, 0.25) is 0 Å². The van der Waals surface area contributed by atoms with Crippen molar-refractivity contribution in [3.05, 3.63) is 129 Å². The first kappa shape index (κ1) is 25.8. The van der Waals surface area contributed by atoms with Crippen LogP contribution in [0.2, 0.25) is 0 Å². The lowest BCUT2D eigenvalue weighted by molar-refractivity contribution is 0.227. The van der Waals surface area contributed by atoms with E-state index in [1.807, 2.05) is 0 Å². The largest absolute Gasteiger partial charge is 0.0681 e. The molecule has 0 bridgehead atoms. The van der Waals surface area contributed by atoms with Crippen LogP contribution in [0.3, 0.4) is 0 Å². The highest BCUT2D eigenvalue weighted by atomic mass is 14.6. The molecule has 1 fully saturated rings. The Morgan fingerprint density at radius 3 is 2.28 bits per heavy atom. The second-order valence-corrected chi connectivity index (χ2v) is 14.9. The molecule has 0 aromatic heterocycles. The van der Waals surface area contributed by atoms with Gasteiger partial charge in [-0.05, 0) is 124 Å². The maximum atomic E-state index is 2.72. The fraction of sp³-hybridized carbons (Fsp3) is 0.349. The van der Waals surface area contributed by atoms with Crippen molar-refractivity contribution in [3.8, 4) is 11.1 Å². The number of rotatable bonds is 1. The zero-order chi connectivity index (χ0) is 29.2. The molecular weight excluding hydrogens is 516 g/mol. The van der Waals surface area contributed by atoms with Crippen LogP contribution in [0.15, 0.2) is 90.0 Å². The van der Waals surface area contributed by atoms with Crippen LogP contribution in [0, 0.1) is 18.8 Å². The molecule has 0 saturated heterocycles. The zero-order valence-corrected chi connectivity index (χ0v) is 26.4. The Morgan fingerprint density at radius 2 is 1.47 bits per heavy atom. The van der Waals surface area contributed by atoms with E-state index >= 15 is 0 Å². The fourth-order valence-electron chi connectivity index (χ4n) is 10.9. The van der Waals surface area contributed by atoms with Crippen LogP contribution in [-0.4, -0.2) is 0 Å². The van der Waals surface area contributed by atoms with Crippen LogP contribution in [0.1, 0.15) is 98.7 Å². The summed E-state index contributed by atoms with van der Waals surface area (Å²) in [6, 6.07) is 26.2. The van der Waals surface area contributed by atoms with E-state index in [2.05, 4.69) is 114 Å². The van der Waals surface area contributed by atoms with E-state index in [9.17, 15) is 0 Å². The van der Waals surface area contributed by atoms with E-state index in [0.29, 0.717) is 11.8 Å². The summed E-state index contributed by atoms with van der Waals surface area (Å²) in [5, 5.41) is 2.88. The van der Waals surface area contributed by atoms with Crippen LogP contribution in [-0.2, 0) is 17.3 Å². The van der Waals surface area contributed by atoms with E-state index in [1.165, 1.54) is 76.3 Å². The van der Waals surface area contributed by atoms with Crippen molar-refractivity contribution in [2.75, 3.05) is 0 Å². The third-order valence-electron chi connectivity index (χ3n) is 12.1. The average Bonchev–Trinajstić information content (AvgIpc) is 3.59. The van der Waals surface area contributed by atoms with Gasteiger partial charge in [0.05, 0.1) is 0 Å². The van der Waals surface area contributed by atoms with Crippen molar-refractivity contribution in [1.82, 2.24) is 0 Å². The minimum absolute atomic E-state index is 0.0520. The third kappa shape index (κ3) is 3.18. The summed E-state index contributed by atoms with van der Waals surface area (Å²) < 4.78 is 0. The summed E-state index contributed by atoms with van der Waals surface area (Å²) in [6.07, 6.45) is 13.1. The summed E-state index contributed by atoms with van der Waals surface area (Å²) in [4.78, 5) is 0. The topological polar surface area (TPSA) is 0 Å². The molecule has 2 unspecified atom stereocenters. The SMILES string of the molecule is CC1=CC2(c3ccc4c(c3-c3cc(C)c5ccccc5c32)C(C)(C)C2=C4Cc3ccccc32)C(C2CCCCC2)C(C)=C1. The molecule has 0 aliphatic heterocycles. The van der Waals surface area contributed by atoms with Crippen LogP contribution in [0.4, 0.5) is 0 Å². The first-order chi connectivity index (χ1) is 20.8. The molecule has 0 heterocycles. The lowest BCUT2D eigenvalue weighted by Gasteiger charge is -2.47. The van der Waals surface area contributed by atoms with Gasteiger partial charge < -0.3 is 0 Å². The molecule has 1 saturated carbocycles. The van der Waals surface area contributed by atoms with Gasteiger partial charge in [-0.15, -0.1) is 0 Å². The Balaban J connectivity index is 1.40. The van der Waals surface area contributed by atoms with Gasteiger partial charge in [-0.25, -0.2) is 0 Å². The Bertz CT molecular complexity index is 1980. The molecule has 2 atom stereocenters. The molecule has 4 aromatic carbocycles. The van der Waals surface area contributed by atoms with Gasteiger partial charge in [0, 0.05) is 10.8 Å². The van der Waals surface area contributed by atoms with Crippen LogP contribution >= 0.6 is 0 Å². The normalized spacial score (nSPS) is 24.9. The predicted octanol–water partition coefficient (Wildman–Crippen LogP) is 11.3. The molecular formula is C43H42. The van der Waals surface area contributed by atoms with E-state index in [-0.39, 0.29) is 10.8 Å². The molecule has 5 aliphatic rings. The number of fused-ring (bicyclic) bond motifs is 12. The minimum Gasteiger partial charge on any atom is -0.0681 e. The number of benzene rings is 4. The second kappa shape index (κ2) is 8.72. The Labute approximate surface area is 257 Å². The highest BCUT2D eigenvalue weighted by molar-refractivity contribution is 6.10. The molecule has 1 spiro atoms. The average molecular weight is 559 g/mol. The van der Waals surface area contributed by atoms with Crippen molar-refractivity contribution in [2.45, 2.75) is 84.0 Å². The molecule has 0 nitrogen and oxygen atoms in total. The molecule has 214 valence electrons. The number of allylic oxidation sites excluding steroid dienone is 6. The summed E-state index contributed by atoms with van der Waals surface area (Å²) in [7, 11) is 0. The van der Waals surface area contributed by atoms with E-state index in [0.717, 1.165) is 6.42 Å². The van der Waals surface area contributed by atoms with Gasteiger partial charge in [0.25, 0.3) is 0 Å². The van der Waals surface area contributed by atoms with Crippen molar-refractivity contribution in [3.63, 3.8) is 0 Å². The second-order valence-electron chi connectivity index (χ2n) is 14.9. The molecule has 4 aromatic rings. The first-order valence-electron chi connectivity index (χ1n) is 16.7. The maximum absolute atomic E-state index is 2.72. The third-order valence-corrected chi connectivity index (χ3v) is 12.1. The summed E-state index contributed by atoms with van der Waals surface area (Å²) in [6.45, 7) is 12.2. The summed E-state index contributed by atoms with van der Waals surface area (Å²) in [5.74, 6) is 1.20. The summed E-state index contributed by atoms with van der Waals surface area (Å²) in [5.41, 5.74) is 19.6. The zero-order valence-electron chi connectivity index (χ0n) is 26.4. The molecule has 0 amide bonds. The van der Waals surface area contributed by atoms with Gasteiger partial charge in [0.15, 0.2) is 0 Å². The van der Waals surface area contributed by atoms with Crippen LogP contribution in [0.25, 0.3) is 33.0 Å². The van der Waals surface area contributed by atoms with Crippen molar-refractivity contribution in [1.29, 1.82) is 0 Å². The predicted molar refractivity (Wildman–Crippen MR) is 182 cm³/mol. The van der Waals surface area contributed by atoms with Gasteiger partial charge in [-0.3, -0.25) is 0 Å². The molecule has 0 N–H and O–H groups in total. The molecule has 0 radical (unpaired) electrons.